The van der Waals surface area contributed by atoms with Crippen molar-refractivity contribution >= 4 is 16.5 Å². The standard InChI is InChI=1S/C9H17N3OS/c1-4-9(3,6-13)5-10-8-12-11-7(2)14-8/h13H,4-6H2,1-3H3,(H,10,12). The van der Waals surface area contributed by atoms with E-state index in [1.54, 1.807) is 0 Å². The Bertz CT molecular complexity index is 283. The third-order valence-electron chi connectivity index (χ3n) is 2.43. The van der Waals surface area contributed by atoms with Gasteiger partial charge < -0.3 is 10.4 Å². The van der Waals surface area contributed by atoms with Crippen molar-refractivity contribution in [2.75, 3.05) is 18.5 Å². The molecular formula is C9H17N3OS. The van der Waals surface area contributed by atoms with Crippen molar-refractivity contribution in [3.05, 3.63) is 5.01 Å². The summed E-state index contributed by atoms with van der Waals surface area (Å²) in [6.45, 7) is 6.97. The van der Waals surface area contributed by atoms with Crippen molar-refractivity contribution in [3.63, 3.8) is 0 Å². The number of hydrogen-bond donors (Lipinski definition) is 2. The number of aliphatic hydroxyl groups excluding tert-OH is 1. The second kappa shape index (κ2) is 4.70. The topological polar surface area (TPSA) is 58.0 Å². The molecule has 1 unspecified atom stereocenters. The van der Waals surface area contributed by atoms with Gasteiger partial charge in [0.2, 0.25) is 5.13 Å². The summed E-state index contributed by atoms with van der Waals surface area (Å²) >= 11 is 1.53. The lowest BCUT2D eigenvalue weighted by Crippen LogP contribution is -2.29. The van der Waals surface area contributed by atoms with Crippen molar-refractivity contribution in [1.29, 1.82) is 0 Å². The summed E-state index contributed by atoms with van der Waals surface area (Å²) in [6.07, 6.45) is 0.939. The van der Waals surface area contributed by atoms with Crippen LogP contribution >= 0.6 is 11.3 Å². The lowest BCUT2D eigenvalue weighted by Gasteiger charge is -2.25. The molecule has 0 fully saturated rings. The minimum atomic E-state index is -0.0699. The van der Waals surface area contributed by atoms with Gasteiger partial charge in [-0.25, -0.2) is 0 Å². The van der Waals surface area contributed by atoms with Crippen molar-refractivity contribution in [2.45, 2.75) is 27.2 Å². The van der Waals surface area contributed by atoms with Crippen LogP contribution in [0.4, 0.5) is 5.13 Å². The lowest BCUT2D eigenvalue weighted by atomic mass is 9.89. The average molecular weight is 215 g/mol. The van der Waals surface area contributed by atoms with Gasteiger partial charge in [-0.15, -0.1) is 10.2 Å². The zero-order valence-corrected chi connectivity index (χ0v) is 9.69. The molecular weight excluding hydrogens is 198 g/mol. The monoisotopic (exact) mass is 215 g/mol. The summed E-state index contributed by atoms with van der Waals surface area (Å²) in [4.78, 5) is 0. The Morgan fingerprint density at radius 1 is 1.50 bits per heavy atom. The second-order valence-corrected chi connectivity index (χ2v) is 4.98. The highest BCUT2D eigenvalue weighted by Crippen LogP contribution is 2.22. The van der Waals surface area contributed by atoms with Crippen LogP contribution in [0.5, 0.6) is 0 Å². The van der Waals surface area contributed by atoms with Gasteiger partial charge in [-0.3, -0.25) is 0 Å². The van der Waals surface area contributed by atoms with Gasteiger partial charge in [-0.05, 0) is 13.3 Å². The number of rotatable bonds is 5. The number of nitrogens with zero attached hydrogens (tertiary/aromatic N) is 2. The second-order valence-electron chi connectivity index (χ2n) is 3.80. The van der Waals surface area contributed by atoms with Gasteiger partial charge in [0.1, 0.15) is 5.01 Å². The van der Waals surface area contributed by atoms with Crippen molar-refractivity contribution < 1.29 is 5.11 Å². The molecule has 0 aromatic carbocycles. The number of aromatic nitrogens is 2. The van der Waals surface area contributed by atoms with Gasteiger partial charge in [0.25, 0.3) is 0 Å². The van der Waals surface area contributed by atoms with Crippen LogP contribution in [0.15, 0.2) is 0 Å². The molecule has 0 aliphatic carbocycles. The van der Waals surface area contributed by atoms with Crippen LogP contribution in [0.25, 0.3) is 0 Å². The van der Waals surface area contributed by atoms with E-state index in [2.05, 4.69) is 22.4 Å². The van der Waals surface area contributed by atoms with Crippen LogP contribution in [0.1, 0.15) is 25.3 Å². The molecule has 0 spiro atoms. The Hall–Kier alpha value is -0.680. The van der Waals surface area contributed by atoms with E-state index in [-0.39, 0.29) is 12.0 Å². The molecule has 14 heavy (non-hydrogen) atoms. The zero-order chi connectivity index (χ0) is 10.6. The first kappa shape index (κ1) is 11.4. The van der Waals surface area contributed by atoms with E-state index >= 15 is 0 Å². The van der Waals surface area contributed by atoms with Crippen LogP contribution in [-0.4, -0.2) is 28.5 Å². The predicted molar refractivity (Wildman–Crippen MR) is 58.6 cm³/mol. The summed E-state index contributed by atoms with van der Waals surface area (Å²) < 4.78 is 0. The number of aliphatic hydroxyl groups is 1. The predicted octanol–water partition coefficient (Wildman–Crippen LogP) is 1.67. The molecule has 1 aromatic heterocycles. The van der Waals surface area contributed by atoms with Crippen molar-refractivity contribution in [2.24, 2.45) is 5.41 Å². The van der Waals surface area contributed by atoms with E-state index in [1.807, 2.05) is 13.8 Å². The number of nitrogens with one attached hydrogen (secondary N) is 1. The molecule has 4 nitrogen and oxygen atoms in total. The normalized spacial score (nSPS) is 15.1. The Labute approximate surface area is 88.4 Å². The summed E-state index contributed by atoms with van der Waals surface area (Å²) in [5, 5.41) is 22.0. The number of anilines is 1. The Morgan fingerprint density at radius 2 is 2.21 bits per heavy atom. The molecule has 0 aliphatic rings. The molecule has 1 atom stereocenters. The van der Waals surface area contributed by atoms with Crippen molar-refractivity contribution in [1.82, 2.24) is 10.2 Å². The number of aryl methyl sites for hydroxylation is 1. The summed E-state index contributed by atoms with van der Waals surface area (Å²) in [5.74, 6) is 0. The molecule has 1 aromatic rings. The largest absolute Gasteiger partial charge is 0.396 e. The SMILES string of the molecule is CCC(C)(CO)CNc1nnc(C)s1. The van der Waals surface area contributed by atoms with Crippen molar-refractivity contribution in [3.8, 4) is 0 Å². The molecule has 0 aliphatic heterocycles. The van der Waals surface area contributed by atoms with E-state index in [1.165, 1.54) is 11.3 Å². The van der Waals surface area contributed by atoms with Gasteiger partial charge in [-0.2, -0.15) is 0 Å². The molecule has 0 radical (unpaired) electrons. The first-order chi connectivity index (χ1) is 6.59. The van der Waals surface area contributed by atoms with E-state index in [9.17, 15) is 5.11 Å². The first-order valence-corrected chi connectivity index (χ1v) is 5.56. The fourth-order valence-corrected chi connectivity index (χ4v) is 1.54. The summed E-state index contributed by atoms with van der Waals surface area (Å²) in [5.41, 5.74) is -0.0699. The fourth-order valence-electron chi connectivity index (χ4n) is 0.950. The fraction of sp³-hybridized carbons (Fsp3) is 0.778. The Kier molecular flexibility index (Phi) is 3.83. The molecule has 80 valence electrons. The summed E-state index contributed by atoms with van der Waals surface area (Å²) in [7, 11) is 0. The highest BCUT2D eigenvalue weighted by atomic mass is 32.1. The summed E-state index contributed by atoms with van der Waals surface area (Å²) in [6, 6.07) is 0. The van der Waals surface area contributed by atoms with E-state index < -0.39 is 0 Å². The minimum Gasteiger partial charge on any atom is -0.396 e. The molecule has 1 rings (SSSR count). The highest BCUT2D eigenvalue weighted by molar-refractivity contribution is 7.15. The highest BCUT2D eigenvalue weighted by Gasteiger charge is 2.20. The zero-order valence-electron chi connectivity index (χ0n) is 8.87. The lowest BCUT2D eigenvalue weighted by molar-refractivity contribution is 0.149. The average Bonchev–Trinajstić information content (AvgIpc) is 2.61. The maximum absolute atomic E-state index is 9.20. The van der Waals surface area contributed by atoms with Gasteiger partial charge in [0.05, 0.1) is 6.61 Å². The van der Waals surface area contributed by atoms with Crippen LogP contribution in [-0.2, 0) is 0 Å². The van der Waals surface area contributed by atoms with Crippen LogP contribution in [0.3, 0.4) is 0 Å². The smallest absolute Gasteiger partial charge is 0.205 e. The van der Waals surface area contributed by atoms with Gasteiger partial charge in [-0.1, -0.05) is 25.2 Å². The van der Waals surface area contributed by atoms with Gasteiger partial charge >= 0.3 is 0 Å². The van der Waals surface area contributed by atoms with Crippen LogP contribution < -0.4 is 5.32 Å². The van der Waals surface area contributed by atoms with Gasteiger partial charge in [0.15, 0.2) is 0 Å². The third kappa shape index (κ3) is 2.92. The van der Waals surface area contributed by atoms with Crippen LogP contribution in [0.2, 0.25) is 0 Å². The maximum Gasteiger partial charge on any atom is 0.205 e. The van der Waals surface area contributed by atoms with E-state index in [0.29, 0.717) is 0 Å². The third-order valence-corrected chi connectivity index (χ3v) is 3.22. The molecule has 0 saturated heterocycles. The van der Waals surface area contributed by atoms with E-state index in [4.69, 9.17) is 0 Å². The molecule has 5 heteroatoms. The first-order valence-electron chi connectivity index (χ1n) is 4.74. The molecule has 0 bridgehead atoms. The van der Waals surface area contributed by atoms with Gasteiger partial charge in [0, 0.05) is 12.0 Å². The molecule has 1 heterocycles. The quantitative estimate of drug-likeness (QED) is 0.784. The Morgan fingerprint density at radius 3 is 2.64 bits per heavy atom. The maximum atomic E-state index is 9.20. The minimum absolute atomic E-state index is 0.0699. The van der Waals surface area contributed by atoms with Crippen LogP contribution in [0, 0.1) is 12.3 Å². The van der Waals surface area contributed by atoms with E-state index in [0.717, 1.165) is 23.1 Å². The molecule has 2 N–H and O–H groups in total. The molecule has 0 amide bonds. The Balaban J connectivity index is 2.47. The molecule has 0 saturated carbocycles. The number of hydrogen-bond acceptors (Lipinski definition) is 5.